The molecule has 1 aliphatic rings. The molecule has 1 heterocycles. The average Bonchev–Trinajstić information content (AvgIpc) is 2.59. The van der Waals surface area contributed by atoms with E-state index in [0.29, 0.717) is 30.9 Å². The lowest BCUT2D eigenvalue weighted by Crippen LogP contribution is -3.13. The molecule has 0 atom stereocenters. The molecule has 23 heavy (non-hydrogen) atoms. The molecule has 0 amide bonds. The fourth-order valence-electron chi connectivity index (χ4n) is 2.96. The van der Waals surface area contributed by atoms with Crippen LogP contribution in [0, 0.1) is 5.92 Å². The Kier molecular flexibility index (Phi) is 7.56. The van der Waals surface area contributed by atoms with Gasteiger partial charge in [-0.25, -0.2) is 0 Å². The molecule has 2 rings (SSSR count). The summed E-state index contributed by atoms with van der Waals surface area (Å²) in [6.45, 7) is 9.66. The third-order valence-corrected chi connectivity index (χ3v) is 4.58. The van der Waals surface area contributed by atoms with Gasteiger partial charge in [0.05, 0.1) is 31.9 Å². The maximum absolute atomic E-state index is 11.9. The smallest absolute Gasteiger partial charge is 0.166 e. The van der Waals surface area contributed by atoms with Crippen LogP contribution < -0.4 is 9.64 Å². The molecule has 4 heteroatoms. The predicted molar refractivity (Wildman–Crippen MR) is 91.3 cm³/mol. The number of benzene rings is 1. The minimum Gasteiger partial charge on any atom is -0.490 e. The molecular formula is C19H30NO3+. The molecule has 1 aromatic carbocycles. The van der Waals surface area contributed by atoms with Gasteiger partial charge in [-0.05, 0) is 30.9 Å². The highest BCUT2D eigenvalue weighted by molar-refractivity contribution is 5.98. The number of quaternary nitrogens is 1. The average molecular weight is 320 g/mol. The Balaban J connectivity index is 1.61. The zero-order valence-electron chi connectivity index (χ0n) is 14.5. The van der Waals surface area contributed by atoms with Gasteiger partial charge < -0.3 is 14.4 Å². The summed E-state index contributed by atoms with van der Waals surface area (Å²) in [6.07, 6.45) is 3.16. The lowest BCUT2D eigenvalue weighted by atomic mass is 9.99. The van der Waals surface area contributed by atoms with Crippen molar-refractivity contribution in [3.8, 4) is 5.75 Å². The quantitative estimate of drug-likeness (QED) is 0.559. The molecule has 0 aliphatic carbocycles. The summed E-state index contributed by atoms with van der Waals surface area (Å²) in [5.41, 5.74) is 0.668. The van der Waals surface area contributed by atoms with Crippen LogP contribution in [-0.4, -0.2) is 45.2 Å². The van der Waals surface area contributed by atoms with Crippen LogP contribution in [0.3, 0.4) is 0 Å². The van der Waals surface area contributed by atoms with E-state index in [9.17, 15) is 4.79 Å². The first-order chi connectivity index (χ1) is 11.2. The van der Waals surface area contributed by atoms with Gasteiger partial charge >= 0.3 is 0 Å². The minimum atomic E-state index is 0.115. The van der Waals surface area contributed by atoms with Crippen molar-refractivity contribution in [2.45, 2.75) is 33.1 Å². The van der Waals surface area contributed by atoms with Crippen LogP contribution in [0.5, 0.6) is 5.75 Å². The highest BCUT2D eigenvalue weighted by Gasteiger charge is 2.18. The monoisotopic (exact) mass is 320 g/mol. The van der Waals surface area contributed by atoms with E-state index in [4.69, 9.17) is 9.47 Å². The highest BCUT2D eigenvalue weighted by Crippen LogP contribution is 2.19. The van der Waals surface area contributed by atoms with Crippen molar-refractivity contribution in [3.05, 3.63) is 29.8 Å². The van der Waals surface area contributed by atoms with E-state index in [1.807, 2.05) is 31.2 Å². The Hall–Kier alpha value is -1.39. The fraction of sp³-hybridized carbons (Fsp3) is 0.632. The Morgan fingerprint density at radius 1 is 1.17 bits per heavy atom. The second-order valence-corrected chi connectivity index (χ2v) is 6.42. The second kappa shape index (κ2) is 9.68. The molecule has 128 valence electrons. The number of rotatable bonds is 9. The Morgan fingerprint density at radius 3 is 2.65 bits per heavy atom. The number of likely N-dealkylation sites (tertiary alicyclic amines) is 1. The van der Waals surface area contributed by atoms with Gasteiger partial charge in [-0.1, -0.05) is 26.0 Å². The van der Waals surface area contributed by atoms with Crippen LogP contribution in [0.1, 0.15) is 43.5 Å². The number of nitrogens with one attached hydrogen (secondary N) is 1. The molecule has 4 nitrogen and oxygen atoms in total. The van der Waals surface area contributed by atoms with Crippen molar-refractivity contribution in [2.24, 2.45) is 5.92 Å². The largest absolute Gasteiger partial charge is 0.490 e. The molecule has 1 N–H and O–H groups in total. The summed E-state index contributed by atoms with van der Waals surface area (Å²) in [4.78, 5) is 13.5. The van der Waals surface area contributed by atoms with Crippen LogP contribution >= 0.6 is 0 Å². The Bertz CT molecular complexity index is 481. The molecule has 0 bridgehead atoms. The van der Waals surface area contributed by atoms with E-state index in [2.05, 4.69) is 6.92 Å². The molecule has 1 fully saturated rings. The van der Waals surface area contributed by atoms with Crippen LogP contribution in [0.2, 0.25) is 0 Å². The van der Waals surface area contributed by atoms with E-state index < -0.39 is 0 Å². The molecule has 1 saturated heterocycles. The summed E-state index contributed by atoms with van der Waals surface area (Å²) in [5.74, 6) is 1.67. The van der Waals surface area contributed by atoms with Crippen molar-refractivity contribution in [2.75, 3.05) is 39.5 Å². The van der Waals surface area contributed by atoms with Gasteiger partial charge in [-0.2, -0.15) is 0 Å². The summed E-state index contributed by atoms with van der Waals surface area (Å²) in [7, 11) is 0. The van der Waals surface area contributed by atoms with Crippen LogP contribution in [0.15, 0.2) is 24.3 Å². The van der Waals surface area contributed by atoms with Crippen LogP contribution in [0.4, 0.5) is 0 Å². The molecule has 0 spiro atoms. The fourth-order valence-corrected chi connectivity index (χ4v) is 2.96. The van der Waals surface area contributed by atoms with Crippen LogP contribution in [0.25, 0.3) is 0 Å². The third kappa shape index (κ3) is 5.96. The lowest BCUT2D eigenvalue weighted by Gasteiger charge is -2.27. The van der Waals surface area contributed by atoms with Gasteiger partial charge in [0.1, 0.15) is 18.9 Å². The molecule has 1 aliphatic heterocycles. The van der Waals surface area contributed by atoms with Gasteiger partial charge in [-0.15, -0.1) is 0 Å². The van der Waals surface area contributed by atoms with Crippen molar-refractivity contribution < 1.29 is 19.2 Å². The van der Waals surface area contributed by atoms with E-state index in [1.54, 1.807) is 4.90 Å². The molecule has 0 unspecified atom stereocenters. The maximum atomic E-state index is 11.9. The van der Waals surface area contributed by atoms with Gasteiger partial charge in [0.25, 0.3) is 0 Å². The minimum absolute atomic E-state index is 0.115. The van der Waals surface area contributed by atoms with Gasteiger partial charge in [-0.3, -0.25) is 4.79 Å². The summed E-state index contributed by atoms with van der Waals surface area (Å²) >= 11 is 0. The first-order valence-corrected chi connectivity index (χ1v) is 8.87. The molecular weight excluding hydrogens is 290 g/mol. The van der Waals surface area contributed by atoms with E-state index in [-0.39, 0.29) is 5.78 Å². The Morgan fingerprint density at radius 2 is 1.91 bits per heavy atom. The Labute approximate surface area is 139 Å². The second-order valence-electron chi connectivity index (χ2n) is 6.42. The summed E-state index contributed by atoms with van der Waals surface area (Å²) in [6, 6.07) is 7.43. The number of carbonyl (C=O) groups excluding carboxylic acids is 1. The molecule has 1 aromatic rings. The summed E-state index contributed by atoms with van der Waals surface area (Å²) < 4.78 is 11.4. The van der Waals surface area contributed by atoms with Crippen LogP contribution in [-0.2, 0) is 4.74 Å². The van der Waals surface area contributed by atoms with Gasteiger partial charge in [0.15, 0.2) is 5.78 Å². The lowest BCUT2D eigenvalue weighted by molar-refractivity contribution is -0.906. The number of carbonyl (C=O) groups is 1. The molecule has 0 radical (unpaired) electrons. The van der Waals surface area contributed by atoms with Crippen molar-refractivity contribution >= 4 is 5.78 Å². The zero-order chi connectivity index (χ0) is 16.5. The number of ether oxygens (including phenoxy) is 2. The van der Waals surface area contributed by atoms with Gasteiger partial charge in [0, 0.05) is 6.42 Å². The van der Waals surface area contributed by atoms with Crippen molar-refractivity contribution in [3.63, 3.8) is 0 Å². The van der Waals surface area contributed by atoms with E-state index in [1.165, 1.54) is 25.9 Å². The standard InChI is InChI=1S/C19H29NO3/c1-3-18(21)17-6-4-5-7-19(17)23-15-14-22-13-12-20-10-8-16(2)9-11-20/h4-7,16H,3,8-15H2,1-2H3/p+1. The SMILES string of the molecule is CCC(=O)c1ccccc1OCCOCC[NH+]1CCC(C)CC1. The number of Topliss-reactive ketones (excluding diaryl/α,β-unsaturated/α-hetero) is 1. The number of hydrogen-bond acceptors (Lipinski definition) is 3. The van der Waals surface area contributed by atoms with E-state index >= 15 is 0 Å². The predicted octanol–water partition coefficient (Wildman–Crippen LogP) is 1.99. The summed E-state index contributed by atoms with van der Waals surface area (Å²) in [5, 5.41) is 0. The maximum Gasteiger partial charge on any atom is 0.166 e. The zero-order valence-corrected chi connectivity index (χ0v) is 14.5. The van der Waals surface area contributed by atoms with Crippen molar-refractivity contribution in [1.82, 2.24) is 0 Å². The number of para-hydroxylation sites is 1. The van der Waals surface area contributed by atoms with Crippen molar-refractivity contribution in [1.29, 1.82) is 0 Å². The van der Waals surface area contributed by atoms with E-state index in [0.717, 1.165) is 19.1 Å². The first-order valence-electron chi connectivity index (χ1n) is 8.87. The number of ketones is 1. The topological polar surface area (TPSA) is 40.0 Å². The third-order valence-electron chi connectivity index (χ3n) is 4.58. The number of piperidine rings is 1. The van der Waals surface area contributed by atoms with Gasteiger partial charge in [0.2, 0.25) is 0 Å². The molecule has 0 saturated carbocycles. The highest BCUT2D eigenvalue weighted by atomic mass is 16.5. The molecule has 0 aromatic heterocycles. The number of hydrogen-bond donors (Lipinski definition) is 1. The normalized spacial score (nSPS) is 21.1. The first kappa shape index (κ1) is 18.0.